The van der Waals surface area contributed by atoms with Crippen LogP contribution in [0.4, 0.5) is 10.1 Å². The molecule has 2 aliphatic rings. The molecule has 1 saturated heterocycles. The molecule has 1 aliphatic heterocycles. The van der Waals surface area contributed by atoms with Gasteiger partial charge in [0, 0.05) is 37.9 Å². The number of halogens is 1. The summed E-state index contributed by atoms with van der Waals surface area (Å²) >= 11 is 1.37. The van der Waals surface area contributed by atoms with Crippen LogP contribution in [-0.4, -0.2) is 62.6 Å². The van der Waals surface area contributed by atoms with Crippen LogP contribution in [0.3, 0.4) is 0 Å². The van der Waals surface area contributed by atoms with Gasteiger partial charge in [-0.2, -0.15) is 0 Å². The molecule has 3 aromatic rings. The minimum atomic E-state index is -0.319. The number of carbonyl (C=O) groups excluding carboxylic acids is 1. The highest BCUT2D eigenvalue weighted by atomic mass is 32.2. The monoisotopic (exact) mass is 453 g/mol. The summed E-state index contributed by atoms with van der Waals surface area (Å²) in [7, 11) is 0. The molecule has 1 N–H and O–H groups in total. The summed E-state index contributed by atoms with van der Waals surface area (Å²) in [6.07, 6.45) is 2.03. The van der Waals surface area contributed by atoms with Gasteiger partial charge in [0.1, 0.15) is 11.6 Å². The predicted octanol–water partition coefficient (Wildman–Crippen LogP) is 3.57. The molecule has 0 atom stereocenters. The van der Waals surface area contributed by atoms with Crippen molar-refractivity contribution in [2.24, 2.45) is 0 Å². The van der Waals surface area contributed by atoms with E-state index in [-0.39, 0.29) is 29.3 Å². The smallest absolute Gasteiger partial charge is 0.233 e. The quantitative estimate of drug-likeness (QED) is 0.576. The highest BCUT2D eigenvalue weighted by Gasteiger charge is 2.31. The van der Waals surface area contributed by atoms with E-state index in [1.165, 1.54) is 17.8 Å². The van der Waals surface area contributed by atoms with Crippen molar-refractivity contribution in [3.05, 3.63) is 54.3 Å². The predicted molar refractivity (Wildman–Crippen MR) is 121 cm³/mol. The third-order valence-corrected chi connectivity index (χ3v) is 6.79. The molecule has 0 unspecified atom stereocenters. The number of hydrogen-bond donors (Lipinski definition) is 1. The Kier molecular flexibility index (Phi) is 5.73. The van der Waals surface area contributed by atoms with E-state index in [0.29, 0.717) is 29.6 Å². The molecule has 166 valence electrons. The van der Waals surface area contributed by atoms with Gasteiger partial charge >= 0.3 is 0 Å². The Morgan fingerprint density at radius 2 is 1.75 bits per heavy atom. The van der Waals surface area contributed by atoms with Gasteiger partial charge in [-0.05, 0) is 49.2 Å². The number of hydrogen-bond acceptors (Lipinski definition) is 6. The van der Waals surface area contributed by atoms with Gasteiger partial charge in [-0.3, -0.25) is 9.36 Å². The Labute approximate surface area is 189 Å². The van der Waals surface area contributed by atoms with Gasteiger partial charge in [0.25, 0.3) is 0 Å². The average molecular weight is 454 g/mol. The summed E-state index contributed by atoms with van der Waals surface area (Å²) in [4.78, 5) is 16.9. The largest absolute Gasteiger partial charge is 0.508 e. The maximum absolute atomic E-state index is 14.3. The third-order valence-electron chi connectivity index (χ3n) is 5.86. The molecular weight excluding hydrogens is 429 g/mol. The first kappa shape index (κ1) is 20.8. The van der Waals surface area contributed by atoms with Crippen molar-refractivity contribution in [3.8, 4) is 17.1 Å². The Bertz CT molecular complexity index is 1110. The molecule has 32 heavy (non-hydrogen) atoms. The fourth-order valence-corrected chi connectivity index (χ4v) is 4.87. The first-order valence-electron chi connectivity index (χ1n) is 10.7. The topological polar surface area (TPSA) is 74.5 Å². The van der Waals surface area contributed by atoms with E-state index in [1.54, 1.807) is 30.3 Å². The van der Waals surface area contributed by atoms with Crippen molar-refractivity contribution in [2.45, 2.75) is 24.0 Å². The van der Waals surface area contributed by atoms with Crippen LogP contribution in [0.1, 0.15) is 18.9 Å². The SMILES string of the molecule is O=C(CSc1nnc(-c2ccccc2F)n1C1CC1)N1CCN(c2ccc(O)cc2)CC1. The molecule has 0 spiro atoms. The van der Waals surface area contributed by atoms with E-state index in [4.69, 9.17) is 0 Å². The van der Waals surface area contributed by atoms with Crippen LogP contribution in [-0.2, 0) is 4.79 Å². The number of amides is 1. The van der Waals surface area contributed by atoms with Crippen LogP contribution < -0.4 is 4.90 Å². The van der Waals surface area contributed by atoms with Gasteiger partial charge in [-0.25, -0.2) is 4.39 Å². The highest BCUT2D eigenvalue weighted by molar-refractivity contribution is 7.99. The minimum absolute atomic E-state index is 0.0677. The number of aromatic nitrogens is 3. The van der Waals surface area contributed by atoms with Crippen molar-refractivity contribution in [1.82, 2.24) is 19.7 Å². The number of carbonyl (C=O) groups is 1. The number of phenols is 1. The first-order valence-corrected chi connectivity index (χ1v) is 11.7. The van der Waals surface area contributed by atoms with Gasteiger partial charge in [0.15, 0.2) is 11.0 Å². The highest BCUT2D eigenvalue weighted by Crippen LogP contribution is 2.41. The molecule has 7 nitrogen and oxygen atoms in total. The minimum Gasteiger partial charge on any atom is -0.508 e. The van der Waals surface area contributed by atoms with Crippen molar-refractivity contribution < 1.29 is 14.3 Å². The van der Waals surface area contributed by atoms with Gasteiger partial charge < -0.3 is 14.9 Å². The Morgan fingerprint density at radius 1 is 1.03 bits per heavy atom. The number of anilines is 1. The van der Waals surface area contributed by atoms with E-state index in [0.717, 1.165) is 31.6 Å². The van der Waals surface area contributed by atoms with Crippen LogP contribution in [0.2, 0.25) is 0 Å². The standard InChI is InChI=1S/C23H24FN5O2S/c24-20-4-2-1-3-19(20)22-25-26-23(29(22)17-5-6-17)32-15-21(31)28-13-11-27(12-14-28)16-7-9-18(30)10-8-16/h1-4,7-10,17,30H,5-6,11-15H2. The number of nitrogens with zero attached hydrogens (tertiary/aromatic N) is 5. The van der Waals surface area contributed by atoms with Crippen molar-refractivity contribution >= 4 is 23.4 Å². The fourth-order valence-electron chi connectivity index (χ4n) is 3.96. The molecule has 2 heterocycles. The van der Waals surface area contributed by atoms with Crippen molar-refractivity contribution in [2.75, 3.05) is 36.8 Å². The van der Waals surface area contributed by atoms with Crippen molar-refractivity contribution in [1.29, 1.82) is 0 Å². The zero-order valence-corrected chi connectivity index (χ0v) is 18.3. The van der Waals surface area contributed by atoms with Gasteiger partial charge in [0.05, 0.1) is 11.3 Å². The lowest BCUT2D eigenvalue weighted by Gasteiger charge is -2.36. The van der Waals surface area contributed by atoms with Crippen molar-refractivity contribution in [3.63, 3.8) is 0 Å². The van der Waals surface area contributed by atoms with Gasteiger partial charge in [0.2, 0.25) is 5.91 Å². The molecule has 1 aliphatic carbocycles. The zero-order chi connectivity index (χ0) is 22.1. The van der Waals surface area contributed by atoms with Crippen LogP contribution in [0, 0.1) is 5.82 Å². The van der Waals surface area contributed by atoms with E-state index in [2.05, 4.69) is 15.1 Å². The lowest BCUT2D eigenvalue weighted by atomic mass is 10.2. The first-order chi connectivity index (χ1) is 15.6. The Morgan fingerprint density at radius 3 is 2.44 bits per heavy atom. The summed E-state index contributed by atoms with van der Waals surface area (Å²) in [6.45, 7) is 2.79. The summed E-state index contributed by atoms with van der Waals surface area (Å²) in [5.41, 5.74) is 1.48. The van der Waals surface area contributed by atoms with Crippen LogP contribution in [0.25, 0.3) is 11.4 Å². The number of aromatic hydroxyl groups is 1. The molecule has 1 amide bonds. The second-order valence-electron chi connectivity index (χ2n) is 8.06. The van der Waals surface area contributed by atoms with E-state index >= 15 is 0 Å². The van der Waals surface area contributed by atoms with Crippen LogP contribution in [0.15, 0.2) is 53.7 Å². The normalized spacial score (nSPS) is 16.4. The fraction of sp³-hybridized carbons (Fsp3) is 0.348. The zero-order valence-electron chi connectivity index (χ0n) is 17.5. The summed E-state index contributed by atoms with van der Waals surface area (Å²) in [5.74, 6) is 0.806. The van der Waals surface area contributed by atoms with Crippen LogP contribution in [0.5, 0.6) is 5.75 Å². The second kappa shape index (κ2) is 8.82. The summed E-state index contributed by atoms with van der Waals surface area (Å²) < 4.78 is 16.3. The molecule has 0 radical (unpaired) electrons. The Hall–Kier alpha value is -3.07. The van der Waals surface area contributed by atoms with Gasteiger partial charge in [-0.1, -0.05) is 23.9 Å². The second-order valence-corrected chi connectivity index (χ2v) is 9.00. The van der Waals surface area contributed by atoms with E-state index in [1.807, 2.05) is 21.6 Å². The molecule has 5 rings (SSSR count). The third kappa shape index (κ3) is 4.29. The number of thioether (sulfide) groups is 1. The molecule has 1 aromatic heterocycles. The maximum Gasteiger partial charge on any atom is 0.233 e. The van der Waals surface area contributed by atoms with Crippen LogP contribution >= 0.6 is 11.8 Å². The average Bonchev–Trinajstić information content (AvgIpc) is 3.57. The number of piperazine rings is 1. The molecule has 2 fully saturated rings. The van der Waals surface area contributed by atoms with E-state index < -0.39 is 0 Å². The van der Waals surface area contributed by atoms with Gasteiger partial charge in [-0.15, -0.1) is 10.2 Å². The number of phenolic OH excluding ortho intramolecular Hbond substituents is 1. The maximum atomic E-state index is 14.3. The Balaban J connectivity index is 1.21. The molecule has 0 bridgehead atoms. The molecular formula is C23H24FN5O2S. The molecule has 2 aromatic carbocycles. The van der Waals surface area contributed by atoms with E-state index in [9.17, 15) is 14.3 Å². The molecule has 9 heteroatoms. The number of benzene rings is 2. The summed E-state index contributed by atoms with van der Waals surface area (Å²) in [5, 5.41) is 18.7. The number of rotatable bonds is 6. The lowest BCUT2D eigenvalue weighted by molar-refractivity contribution is -0.128. The molecule has 1 saturated carbocycles. The summed E-state index contributed by atoms with van der Waals surface area (Å²) in [6, 6.07) is 14.0. The lowest BCUT2D eigenvalue weighted by Crippen LogP contribution is -2.49.